The zero-order valence-corrected chi connectivity index (χ0v) is 10.5. The maximum absolute atomic E-state index is 6.15. The van der Waals surface area contributed by atoms with Crippen LogP contribution >= 0.6 is 0 Å². The van der Waals surface area contributed by atoms with Crippen molar-refractivity contribution in [2.45, 2.75) is 31.3 Å². The summed E-state index contributed by atoms with van der Waals surface area (Å²) in [5, 5.41) is 3.55. The zero-order chi connectivity index (χ0) is 12.1. The zero-order valence-electron chi connectivity index (χ0n) is 10.5. The summed E-state index contributed by atoms with van der Waals surface area (Å²) in [5.41, 5.74) is 7.51. The van der Waals surface area contributed by atoms with Gasteiger partial charge in [0, 0.05) is 18.2 Å². The van der Waals surface area contributed by atoms with Gasteiger partial charge in [0.05, 0.1) is 6.61 Å². The maximum Gasteiger partial charge on any atom is 0.0646 e. The first-order chi connectivity index (χ1) is 8.20. The molecule has 0 bridgehead atoms. The minimum absolute atomic E-state index is 0.120. The molecule has 1 aromatic carbocycles. The quantitative estimate of drug-likeness (QED) is 0.817. The van der Waals surface area contributed by atoms with E-state index in [2.05, 4.69) is 24.4 Å². The molecular weight excluding hydrogens is 212 g/mol. The molecule has 94 valence electrons. The van der Waals surface area contributed by atoms with Crippen LogP contribution in [0.3, 0.4) is 0 Å². The van der Waals surface area contributed by atoms with Gasteiger partial charge in [-0.3, -0.25) is 0 Å². The third kappa shape index (κ3) is 3.53. The summed E-state index contributed by atoms with van der Waals surface area (Å²) >= 11 is 0. The third-order valence-electron chi connectivity index (χ3n) is 3.45. The van der Waals surface area contributed by atoms with Gasteiger partial charge in [-0.25, -0.2) is 0 Å². The van der Waals surface area contributed by atoms with Crippen LogP contribution in [0.2, 0.25) is 0 Å². The minimum Gasteiger partial charge on any atom is -0.379 e. The highest BCUT2D eigenvalue weighted by Gasteiger charge is 2.28. The molecule has 0 aromatic heterocycles. The summed E-state index contributed by atoms with van der Waals surface area (Å²) in [6.45, 7) is 4.84. The second-order valence-electron chi connectivity index (χ2n) is 5.10. The Morgan fingerprint density at radius 1 is 1.41 bits per heavy atom. The second kappa shape index (κ2) is 5.63. The number of rotatable bonds is 5. The van der Waals surface area contributed by atoms with Gasteiger partial charge in [-0.05, 0) is 31.9 Å². The van der Waals surface area contributed by atoms with E-state index in [1.807, 2.05) is 18.2 Å². The molecule has 1 aliphatic heterocycles. The molecule has 2 rings (SSSR count). The van der Waals surface area contributed by atoms with E-state index in [9.17, 15) is 0 Å². The Balaban J connectivity index is 1.75. The Bertz CT molecular complexity index is 333. The molecule has 0 spiro atoms. The molecule has 1 aromatic rings. The van der Waals surface area contributed by atoms with E-state index in [0.29, 0.717) is 0 Å². The lowest BCUT2D eigenvalue weighted by molar-refractivity contribution is 0.171. The molecule has 0 radical (unpaired) electrons. The number of hydrogen-bond donors (Lipinski definition) is 2. The lowest BCUT2D eigenvalue weighted by Gasteiger charge is -2.24. The summed E-state index contributed by atoms with van der Waals surface area (Å²) in [5.74, 6) is 0. The van der Waals surface area contributed by atoms with Crippen LogP contribution in [0.1, 0.15) is 31.4 Å². The molecule has 2 atom stereocenters. The van der Waals surface area contributed by atoms with Crippen LogP contribution in [0, 0.1) is 0 Å². The van der Waals surface area contributed by atoms with E-state index in [4.69, 9.17) is 10.5 Å². The van der Waals surface area contributed by atoms with Crippen molar-refractivity contribution in [3.05, 3.63) is 35.9 Å². The SMILES string of the molecule is CC1(NCCC(N)c2ccccc2)CCOC1. The van der Waals surface area contributed by atoms with Crippen LogP contribution in [-0.2, 0) is 4.74 Å². The van der Waals surface area contributed by atoms with E-state index < -0.39 is 0 Å². The highest BCUT2D eigenvalue weighted by atomic mass is 16.5. The highest BCUT2D eigenvalue weighted by Crippen LogP contribution is 2.18. The molecule has 17 heavy (non-hydrogen) atoms. The van der Waals surface area contributed by atoms with Crippen molar-refractivity contribution in [3.63, 3.8) is 0 Å². The van der Waals surface area contributed by atoms with E-state index in [1.54, 1.807) is 0 Å². The Morgan fingerprint density at radius 2 is 2.18 bits per heavy atom. The van der Waals surface area contributed by atoms with E-state index in [0.717, 1.165) is 32.6 Å². The monoisotopic (exact) mass is 234 g/mol. The molecule has 3 N–H and O–H groups in total. The molecule has 1 heterocycles. The fourth-order valence-electron chi connectivity index (χ4n) is 2.20. The van der Waals surface area contributed by atoms with E-state index in [-0.39, 0.29) is 11.6 Å². The fourth-order valence-corrected chi connectivity index (χ4v) is 2.20. The predicted octanol–water partition coefficient (Wildman–Crippen LogP) is 1.85. The van der Waals surface area contributed by atoms with Crippen molar-refractivity contribution < 1.29 is 4.74 Å². The van der Waals surface area contributed by atoms with Gasteiger partial charge in [-0.2, -0.15) is 0 Å². The molecular formula is C14H22N2O. The lowest BCUT2D eigenvalue weighted by Crippen LogP contribution is -2.43. The van der Waals surface area contributed by atoms with Gasteiger partial charge in [-0.15, -0.1) is 0 Å². The first kappa shape index (κ1) is 12.6. The van der Waals surface area contributed by atoms with Crippen LogP contribution in [-0.4, -0.2) is 25.3 Å². The van der Waals surface area contributed by atoms with Gasteiger partial charge in [0.25, 0.3) is 0 Å². The van der Waals surface area contributed by atoms with E-state index in [1.165, 1.54) is 5.56 Å². The van der Waals surface area contributed by atoms with Gasteiger partial charge in [0.2, 0.25) is 0 Å². The Morgan fingerprint density at radius 3 is 2.82 bits per heavy atom. The second-order valence-corrected chi connectivity index (χ2v) is 5.10. The Kier molecular flexibility index (Phi) is 4.15. The molecule has 3 nitrogen and oxygen atoms in total. The van der Waals surface area contributed by atoms with Crippen molar-refractivity contribution >= 4 is 0 Å². The third-order valence-corrected chi connectivity index (χ3v) is 3.45. The van der Waals surface area contributed by atoms with Gasteiger partial charge >= 0.3 is 0 Å². The first-order valence-electron chi connectivity index (χ1n) is 6.33. The maximum atomic E-state index is 6.15. The standard InChI is InChI=1S/C14H22N2O/c1-14(8-10-17-11-14)16-9-7-13(15)12-5-3-2-4-6-12/h2-6,13,16H,7-11,15H2,1H3. The normalized spacial score (nSPS) is 26.0. The first-order valence-corrected chi connectivity index (χ1v) is 6.33. The molecule has 3 heteroatoms. The summed E-state index contributed by atoms with van der Waals surface area (Å²) in [6, 6.07) is 10.4. The topological polar surface area (TPSA) is 47.3 Å². The number of nitrogens with one attached hydrogen (secondary N) is 1. The van der Waals surface area contributed by atoms with Crippen molar-refractivity contribution in [1.29, 1.82) is 0 Å². The van der Waals surface area contributed by atoms with Crippen LogP contribution in [0.25, 0.3) is 0 Å². The van der Waals surface area contributed by atoms with Gasteiger partial charge < -0.3 is 15.8 Å². The summed E-state index contributed by atoms with van der Waals surface area (Å²) < 4.78 is 5.41. The smallest absolute Gasteiger partial charge is 0.0646 e. The molecule has 0 amide bonds. The van der Waals surface area contributed by atoms with Gasteiger partial charge in [0.15, 0.2) is 0 Å². The molecule has 0 aliphatic carbocycles. The molecule has 2 unspecified atom stereocenters. The fraction of sp³-hybridized carbons (Fsp3) is 0.571. The van der Waals surface area contributed by atoms with E-state index >= 15 is 0 Å². The minimum atomic E-state index is 0.120. The summed E-state index contributed by atoms with van der Waals surface area (Å²) in [4.78, 5) is 0. The molecule has 1 saturated heterocycles. The number of benzene rings is 1. The number of nitrogens with two attached hydrogens (primary N) is 1. The van der Waals surface area contributed by atoms with Gasteiger partial charge in [0.1, 0.15) is 0 Å². The molecule has 1 fully saturated rings. The number of ether oxygens (including phenoxy) is 1. The molecule has 0 saturated carbocycles. The summed E-state index contributed by atoms with van der Waals surface area (Å²) in [6.07, 6.45) is 2.05. The lowest BCUT2D eigenvalue weighted by atomic mass is 10.0. The number of hydrogen-bond acceptors (Lipinski definition) is 3. The van der Waals surface area contributed by atoms with Crippen molar-refractivity contribution in [1.82, 2.24) is 5.32 Å². The Hall–Kier alpha value is -0.900. The highest BCUT2D eigenvalue weighted by molar-refractivity contribution is 5.18. The van der Waals surface area contributed by atoms with Crippen LogP contribution in [0.4, 0.5) is 0 Å². The van der Waals surface area contributed by atoms with Crippen LogP contribution in [0.15, 0.2) is 30.3 Å². The average molecular weight is 234 g/mol. The Labute approximate surface area is 103 Å². The van der Waals surface area contributed by atoms with Crippen molar-refractivity contribution in [2.75, 3.05) is 19.8 Å². The summed E-state index contributed by atoms with van der Waals surface area (Å²) in [7, 11) is 0. The van der Waals surface area contributed by atoms with Crippen LogP contribution < -0.4 is 11.1 Å². The van der Waals surface area contributed by atoms with Gasteiger partial charge in [-0.1, -0.05) is 30.3 Å². The largest absolute Gasteiger partial charge is 0.379 e. The average Bonchev–Trinajstić information content (AvgIpc) is 2.77. The van der Waals surface area contributed by atoms with Crippen molar-refractivity contribution in [3.8, 4) is 0 Å². The predicted molar refractivity (Wildman–Crippen MR) is 69.8 cm³/mol. The van der Waals surface area contributed by atoms with Crippen LogP contribution in [0.5, 0.6) is 0 Å². The van der Waals surface area contributed by atoms with Crippen molar-refractivity contribution in [2.24, 2.45) is 5.73 Å². The molecule has 1 aliphatic rings.